The SMILES string of the molecule is C#C.CC.CCCCCc1ccc(C#Cc2snc(C)c2NC(=O)OCc2ccccc2)cc1CCC. The van der Waals surface area contributed by atoms with Crippen LogP contribution in [-0.4, -0.2) is 10.5 Å². The van der Waals surface area contributed by atoms with Gasteiger partial charge in [-0.1, -0.05) is 89.3 Å². The van der Waals surface area contributed by atoms with Crippen molar-refractivity contribution in [3.8, 4) is 24.7 Å². The van der Waals surface area contributed by atoms with E-state index in [9.17, 15) is 4.79 Å². The van der Waals surface area contributed by atoms with Gasteiger partial charge in [0.05, 0.1) is 11.4 Å². The van der Waals surface area contributed by atoms with Gasteiger partial charge in [-0.15, -0.1) is 12.8 Å². The number of terminal acetylenes is 1. The summed E-state index contributed by atoms with van der Waals surface area (Å²) in [5, 5.41) is 2.82. The van der Waals surface area contributed by atoms with E-state index in [2.05, 4.69) is 66.4 Å². The van der Waals surface area contributed by atoms with Crippen molar-refractivity contribution in [3.05, 3.63) is 81.4 Å². The number of carbonyl (C=O) groups excluding carboxylic acids is 1. The van der Waals surface area contributed by atoms with E-state index in [0.717, 1.165) is 41.0 Å². The number of aryl methyl sites for hydroxylation is 3. The molecule has 0 bridgehead atoms. The molecule has 0 aliphatic rings. The Morgan fingerprint density at radius 1 is 0.973 bits per heavy atom. The molecule has 0 saturated carbocycles. The molecule has 0 unspecified atom stereocenters. The quantitative estimate of drug-likeness (QED) is 0.229. The Morgan fingerprint density at radius 3 is 2.38 bits per heavy atom. The minimum atomic E-state index is -0.508. The van der Waals surface area contributed by atoms with Gasteiger partial charge in [0.25, 0.3) is 0 Å². The van der Waals surface area contributed by atoms with Crippen LogP contribution in [0.4, 0.5) is 10.5 Å². The molecule has 196 valence electrons. The first-order valence-electron chi connectivity index (χ1n) is 13.0. The Morgan fingerprint density at radius 2 is 1.70 bits per heavy atom. The molecule has 1 amide bonds. The molecule has 5 heteroatoms. The molecule has 4 nitrogen and oxygen atoms in total. The minimum Gasteiger partial charge on any atom is -0.444 e. The molecule has 0 fully saturated rings. The lowest BCUT2D eigenvalue weighted by atomic mass is 9.96. The molecule has 3 aromatic rings. The maximum atomic E-state index is 12.3. The van der Waals surface area contributed by atoms with Gasteiger partial charge in [-0.2, -0.15) is 4.37 Å². The summed E-state index contributed by atoms with van der Waals surface area (Å²) < 4.78 is 9.72. The zero-order valence-electron chi connectivity index (χ0n) is 22.9. The number of hydrogen-bond donors (Lipinski definition) is 1. The summed E-state index contributed by atoms with van der Waals surface area (Å²) in [5.74, 6) is 6.47. The normalized spacial score (nSPS) is 9.49. The fourth-order valence-corrected chi connectivity index (χ4v) is 4.31. The van der Waals surface area contributed by atoms with Gasteiger partial charge in [-0.05, 0) is 72.5 Å². The molecular weight excluding hydrogens is 476 g/mol. The summed E-state index contributed by atoms with van der Waals surface area (Å²) in [6, 6.07) is 16.1. The van der Waals surface area contributed by atoms with Crippen molar-refractivity contribution in [2.75, 3.05) is 5.32 Å². The Labute approximate surface area is 228 Å². The summed E-state index contributed by atoms with van der Waals surface area (Å²) in [7, 11) is 0. The first-order valence-corrected chi connectivity index (χ1v) is 13.8. The van der Waals surface area contributed by atoms with E-state index in [-0.39, 0.29) is 6.61 Å². The maximum absolute atomic E-state index is 12.3. The van der Waals surface area contributed by atoms with Gasteiger partial charge in [-0.25, -0.2) is 4.79 Å². The van der Waals surface area contributed by atoms with Crippen LogP contribution in [0.1, 0.15) is 86.2 Å². The standard InChI is InChI=1S/C28H32N2O2S.C2H6.C2H2/c1-4-6-8-14-24-17-15-22(19-25(24)11-5-2)16-18-26-27(21(3)30-33-26)29-28(31)32-20-23-12-9-7-10-13-23;2*1-2/h7,9-10,12-13,15,17,19H,4-6,8,11,14,20H2,1-3H3,(H,29,31);1-2H3;1-2H. The van der Waals surface area contributed by atoms with E-state index >= 15 is 0 Å². The maximum Gasteiger partial charge on any atom is 0.412 e. The van der Waals surface area contributed by atoms with Gasteiger partial charge in [0.15, 0.2) is 0 Å². The number of nitrogens with zero attached hydrogens (tertiary/aromatic N) is 1. The second-order valence-corrected chi connectivity index (χ2v) is 8.87. The third-order valence-corrected chi connectivity index (χ3v) is 6.25. The van der Waals surface area contributed by atoms with Crippen molar-refractivity contribution in [1.29, 1.82) is 0 Å². The topological polar surface area (TPSA) is 51.2 Å². The Kier molecular flexibility index (Phi) is 15.9. The molecular formula is C32H40N2O2S. The predicted molar refractivity (Wildman–Crippen MR) is 158 cm³/mol. The van der Waals surface area contributed by atoms with Crippen LogP contribution in [0, 0.1) is 31.6 Å². The largest absolute Gasteiger partial charge is 0.444 e. The number of rotatable bonds is 9. The minimum absolute atomic E-state index is 0.217. The van der Waals surface area contributed by atoms with Gasteiger partial charge >= 0.3 is 6.09 Å². The monoisotopic (exact) mass is 516 g/mol. The number of unbranched alkanes of at least 4 members (excludes halogenated alkanes) is 2. The number of benzene rings is 2. The van der Waals surface area contributed by atoms with Crippen molar-refractivity contribution in [2.24, 2.45) is 0 Å². The number of nitrogens with one attached hydrogen (secondary N) is 1. The van der Waals surface area contributed by atoms with E-state index in [1.807, 2.05) is 51.1 Å². The average Bonchev–Trinajstić information content (AvgIpc) is 3.29. The number of amides is 1. The van der Waals surface area contributed by atoms with Crippen molar-refractivity contribution in [2.45, 2.75) is 79.8 Å². The van der Waals surface area contributed by atoms with Gasteiger partial charge in [0, 0.05) is 5.56 Å². The van der Waals surface area contributed by atoms with Crippen molar-refractivity contribution in [1.82, 2.24) is 4.37 Å². The predicted octanol–water partition coefficient (Wildman–Crippen LogP) is 8.56. The number of carbonyl (C=O) groups is 1. The zero-order chi connectivity index (χ0) is 27.5. The molecule has 3 rings (SSSR count). The molecule has 0 aliphatic carbocycles. The first kappa shape index (κ1) is 31.5. The molecule has 0 saturated heterocycles. The number of ether oxygens (including phenoxy) is 1. The lowest BCUT2D eigenvalue weighted by molar-refractivity contribution is 0.155. The lowest BCUT2D eigenvalue weighted by Crippen LogP contribution is -2.14. The third-order valence-electron chi connectivity index (χ3n) is 5.40. The molecule has 1 heterocycles. The second-order valence-electron chi connectivity index (χ2n) is 8.10. The van der Waals surface area contributed by atoms with Crippen molar-refractivity contribution in [3.63, 3.8) is 0 Å². The van der Waals surface area contributed by atoms with Crippen LogP contribution in [0.5, 0.6) is 0 Å². The highest BCUT2D eigenvalue weighted by molar-refractivity contribution is 7.07. The summed E-state index contributed by atoms with van der Waals surface area (Å²) >= 11 is 1.29. The van der Waals surface area contributed by atoms with Gasteiger partial charge in [-0.3, -0.25) is 5.32 Å². The Hall–Kier alpha value is -3.54. The lowest BCUT2D eigenvalue weighted by Gasteiger charge is -2.09. The molecule has 1 aromatic heterocycles. The van der Waals surface area contributed by atoms with Crippen molar-refractivity contribution >= 4 is 23.3 Å². The molecule has 0 radical (unpaired) electrons. The number of aromatic nitrogens is 1. The highest BCUT2D eigenvalue weighted by Crippen LogP contribution is 2.24. The summed E-state index contributed by atoms with van der Waals surface area (Å²) in [6.45, 7) is 10.5. The van der Waals surface area contributed by atoms with E-state index in [1.54, 1.807) is 0 Å². The highest BCUT2D eigenvalue weighted by atomic mass is 32.1. The molecule has 0 spiro atoms. The third kappa shape index (κ3) is 10.9. The molecule has 0 aliphatic heterocycles. The second kappa shape index (κ2) is 18.7. The van der Waals surface area contributed by atoms with Crippen LogP contribution in [0.2, 0.25) is 0 Å². The number of anilines is 1. The first-order chi connectivity index (χ1) is 18.1. The average molecular weight is 517 g/mol. The highest BCUT2D eigenvalue weighted by Gasteiger charge is 2.13. The molecule has 2 aromatic carbocycles. The summed E-state index contributed by atoms with van der Waals surface area (Å²) in [4.78, 5) is 13.0. The molecule has 37 heavy (non-hydrogen) atoms. The zero-order valence-corrected chi connectivity index (χ0v) is 23.7. The van der Waals surface area contributed by atoms with Gasteiger partial charge in [0.1, 0.15) is 11.5 Å². The van der Waals surface area contributed by atoms with Crippen LogP contribution in [0.15, 0.2) is 48.5 Å². The molecule has 0 atom stereocenters. The van der Waals surface area contributed by atoms with Gasteiger partial charge < -0.3 is 4.74 Å². The summed E-state index contributed by atoms with van der Waals surface area (Å²) in [5.41, 5.74) is 6.11. The van der Waals surface area contributed by atoms with E-state index in [4.69, 9.17) is 4.74 Å². The van der Waals surface area contributed by atoms with Crippen LogP contribution >= 0.6 is 11.5 Å². The van der Waals surface area contributed by atoms with Crippen LogP contribution in [0.25, 0.3) is 0 Å². The Bertz CT molecular complexity index is 1150. The number of hydrogen-bond acceptors (Lipinski definition) is 4. The van der Waals surface area contributed by atoms with Crippen LogP contribution < -0.4 is 5.32 Å². The fraction of sp³-hybridized carbons (Fsp3) is 0.375. The summed E-state index contributed by atoms with van der Waals surface area (Å²) in [6.07, 6.45) is 14.5. The van der Waals surface area contributed by atoms with Gasteiger partial charge in [0.2, 0.25) is 0 Å². The van der Waals surface area contributed by atoms with E-state index in [0.29, 0.717) is 5.69 Å². The van der Waals surface area contributed by atoms with Crippen molar-refractivity contribution < 1.29 is 9.53 Å². The Balaban J connectivity index is 0.00000163. The van der Waals surface area contributed by atoms with E-state index in [1.165, 1.54) is 41.9 Å². The van der Waals surface area contributed by atoms with E-state index < -0.39 is 6.09 Å². The molecule has 1 N–H and O–H groups in total. The smallest absolute Gasteiger partial charge is 0.412 e. The van der Waals surface area contributed by atoms with Crippen LogP contribution in [-0.2, 0) is 24.2 Å². The van der Waals surface area contributed by atoms with Crippen LogP contribution in [0.3, 0.4) is 0 Å². The fourth-order valence-electron chi connectivity index (χ4n) is 3.61.